The van der Waals surface area contributed by atoms with E-state index in [1.54, 1.807) is 11.2 Å². The van der Waals surface area contributed by atoms with Crippen molar-refractivity contribution in [1.29, 1.82) is 0 Å². The fourth-order valence-electron chi connectivity index (χ4n) is 2.96. The number of carbonyl (C=O) groups is 2. The number of benzene rings is 1. The molecule has 2 heterocycles. The van der Waals surface area contributed by atoms with Crippen LogP contribution in [-0.4, -0.2) is 66.1 Å². The molecule has 3 N–H and O–H groups in total. The Hall–Kier alpha value is -2.36. The number of nitrogens with zero attached hydrogens (tertiary/aromatic N) is 1. The first-order chi connectivity index (χ1) is 12.5. The second kappa shape index (κ2) is 8.35. The number of hydrogen-bond donors (Lipinski definition) is 3. The maximum Gasteiger partial charge on any atom is 0.475 e. The minimum absolute atomic E-state index is 0.0349. The average molecular weight is 360 g/mol. The monoisotopic (exact) mass is 360 g/mol. The Kier molecular flexibility index (Phi) is 5.92. The van der Waals surface area contributed by atoms with E-state index in [4.69, 9.17) is 9.15 Å². The number of nitrogens with one attached hydrogen (secondary N) is 1. The van der Waals surface area contributed by atoms with Gasteiger partial charge in [0.05, 0.1) is 18.8 Å². The van der Waals surface area contributed by atoms with Crippen LogP contribution in [0, 0.1) is 0 Å². The van der Waals surface area contributed by atoms with Crippen LogP contribution in [0.3, 0.4) is 0 Å². The molecule has 9 heteroatoms. The molecule has 3 rings (SSSR count). The topological polar surface area (TPSA) is 112 Å². The molecule has 1 atom stereocenters. The van der Waals surface area contributed by atoms with Crippen LogP contribution in [-0.2, 0) is 20.7 Å². The van der Waals surface area contributed by atoms with Crippen molar-refractivity contribution in [3.8, 4) is 0 Å². The third kappa shape index (κ3) is 4.43. The van der Waals surface area contributed by atoms with Crippen molar-refractivity contribution in [3.05, 3.63) is 36.1 Å². The molecule has 0 bridgehead atoms. The number of para-hydroxylation sites is 1. The number of rotatable bonds is 7. The van der Waals surface area contributed by atoms with Gasteiger partial charge in [-0.3, -0.25) is 9.59 Å². The second-order valence-electron chi connectivity index (χ2n) is 6.23. The number of amides is 2. The maximum atomic E-state index is 12.2. The highest BCUT2D eigenvalue weighted by atomic mass is 16.5. The van der Waals surface area contributed by atoms with E-state index in [1.165, 1.54) is 0 Å². The van der Waals surface area contributed by atoms with Crippen LogP contribution in [0.4, 0.5) is 0 Å². The standard InChI is InChI=1S/C17H21BN2O6/c21-16(5-6-20-7-8-25-11-17(20)22)19-15(18(23)24)9-12-10-26-14-4-2-1-3-13(12)14/h1-4,10,15,23-24H,5-9,11H2,(H,19,21). The molecule has 1 aromatic heterocycles. The summed E-state index contributed by atoms with van der Waals surface area (Å²) in [5.41, 5.74) is 1.48. The summed E-state index contributed by atoms with van der Waals surface area (Å²) in [5, 5.41) is 22.7. The van der Waals surface area contributed by atoms with Gasteiger partial charge in [0.2, 0.25) is 11.8 Å². The van der Waals surface area contributed by atoms with E-state index < -0.39 is 13.1 Å². The summed E-state index contributed by atoms with van der Waals surface area (Å²) >= 11 is 0. The molecule has 1 aliphatic rings. The molecule has 0 spiro atoms. The van der Waals surface area contributed by atoms with Gasteiger partial charge < -0.3 is 29.4 Å². The molecule has 1 aromatic carbocycles. The number of fused-ring (bicyclic) bond motifs is 1. The number of ether oxygens (including phenoxy) is 1. The first-order valence-electron chi connectivity index (χ1n) is 8.50. The van der Waals surface area contributed by atoms with Crippen LogP contribution < -0.4 is 5.32 Å². The lowest BCUT2D eigenvalue weighted by atomic mass is 9.76. The number of hydrogen-bond acceptors (Lipinski definition) is 6. The molecule has 1 saturated heterocycles. The zero-order valence-electron chi connectivity index (χ0n) is 14.3. The molecule has 138 valence electrons. The summed E-state index contributed by atoms with van der Waals surface area (Å²) in [6.07, 6.45) is 1.86. The van der Waals surface area contributed by atoms with E-state index in [9.17, 15) is 19.6 Å². The lowest BCUT2D eigenvalue weighted by Gasteiger charge is -2.26. The quantitative estimate of drug-likeness (QED) is 0.586. The van der Waals surface area contributed by atoms with E-state index in [-0.39, 0.29) is 37.8 Å². The van der Waals surface area contributed by atoms with Crippen molar-refractivity contribution in [2.45, 2.75) is 18.8 Å². The zero-order chi connectivity index (χ0) is 18.5. The van der Waals surface area contributed by atoms with E-state index in [0.717, 1.165) is 10.9 Å². The molecule has 8 nitrogen and oxygen atoms in total. The Morgan fingerprint density at radius 1 is 1.35 bits per heavy atom. The summed E-state index contributed by atoms with van der Waals surface area (Å²) in [6, 6.07) is 7.41. The van der Waals surface area contributed by atoms with Crippen LogP contribution in [0.5, 0.6) is 0 Å². The fourth-order valence-corrected chi connectivity index (χ4v) is 2.96. The average Bonchev–Trinajstić information content (AvgIpc) is 3.03. The van der Waals surface area contributed by atoms with Crippen molar-refractivity contribution in [1.82, 2.24) is 10.2 Å². The highest BCUT2D eigenvalue weighted by molar-refractivity contribution is 6.43. The Bertz CT molecular complexity index is 777. The Balaban J connectivity index is 1.57. The van der Waals surface area contributed by atoms with Crippen molar-refractivity contribution >= 4 is 29.9 Å². The molecular formula is C17H21BN2O6. The van der Waals surface area contributed by atoms with Crippen molar-refractivity contribution < 1.29 is 28.8 Å². The summed E-state index contributed by atoms with van der Waals surface area (Å²) in [6.45, 7) is 1.22. The van der Waals surface area contributed by atoms with Gasteiger partial charge in [0.15, 0.2) is 0 Å². The van der Waals surface area contributed by atoms with Crippen molar-refractivity contribution in [2.24, 2.45) is 0 Å². The Labute approximate surface area is 150 Å². The smallest absolute Gasteiger partial charge is 0.464 e. The third-order valence-corrected chi connectivity index (χ3v) is 4.40. The minimum Gasteiger partial charge on any atom is -0.464 e. The number of morpholine rings is 1. The van der Waals surface area contributed by atoms with E-state index in [2.05, 4.69) is 5.32 Å². The van der Waals surface area contributed by atoms with Gasteiger partial charge in [0, 0.05) is 24.9 Å². The lowest BCUT2D eigenvalue weighted by molar-refractivity contribution is -0.143. The first-order valence-corrected chi connectivity index (χ1v) is 8.50. The van der Waals surface area contributed by atoms with Crippen molar-refractivity contribution in [3.63, 3.8) is 0 Å². The van der Waals surface area contributed by atoms with Gasteiger partial charge in [0.1, 0.15) is 12.2 Å². The highest BCUT2D eigenvalue weighted by Crippen LogP contribution is 2.22. The van der Waals surface area contributed by atoms with Crippen LogP contribution in [0.15, 0.2) is 34.9 Å². The molecule has 2 amide bonds. The van der Waals surface area contributed by atoms with Gasteiger partial charge in [-0.25, -0.2) is 0 Å². The van der Waals surface area contributed by atoms with Gasteiger partial charge in [-0.2, -0.15) is 0 Å². The lowest BCUT2D eigenvalue weighted by Crippen LogP contribution is -2.49. The largest absolute Gasteiger partial charge is 0.475 e. The SMILES string of the molecule is O=C(CCN1CCOCC1=O)NC(Cc1coc2ccccc12)B(O)O. The predicted molar refractivity (Wildman–Crippen MR) is 94.1 cm³/mol. The van der Waals surface area contributed by atoms with E-state index in [0.29, 0.717) is 18.7 Å². The third-order valence-electron chi connectivity index (χ3n) is 4.40. The van der Waals surface area contributed by atoms with E-state index in [1.807, 2.05) is 24.3 Å². The number of carbonyl (C=O) groups excluding carboxylic acids is 2. The molecule has 2 aromatic rings. The Morgan fingerprint density at radius 2 is 2.15 bits per heavy atom. The van der Waals surface area contributed by atoms with E-state index >= 15 is 0 Å². The zero-order valence-corrected chi connectivity index (χ0v) is 14.3. The van der Waals surface area contributed by atoms with Crippen LogP contribution in [0.2, 0.25) is 0 Å². The molecule has 26 heavy (non-hydrogen) atoms. The van der Waals surface area contributed by atoms with Crippen LogP contribution in [0.25, 0.3) is 11.0 Å². The van der Waals surface area contributed by atoms with Crippen LogP contribution in [0.1, 0.15) is 12.0 Å². The number of furan rings is 1. The summed E-state index contributed by atoms with van der Waals surface area (Å²) < 4.78 is 10.5. The normalized spacial score (nSPS) is 15.9. The van der Waals surface area contributed by atoms with Gasteiger partial charge in [-0.05, 0) is 18.1 Å². The molecular weight excluding hydrogens is 339 g/mol. The predicted octanol–water partition coefficient (Wildman–Crippen LogP) is -0.279. The van der Waals surface area contributed by atoms with Gasteiger partial charge in [-0.1, -0.05) is 18.2 Å². The molecule has 0 aliphatic carbocycles. The van der Waals surface area contributed by atoms with Gasteiger partial charge >= 0.3 is 7.12 Å². The summed E-state index contributed by atoms with van der Waals surface area (Å²) in [4.78, 5) is 25.4. The molecule has 1 fully saturated rings. The molecule has 0 radical (unpaired) electrons. The highest BCUT2D eigenvalue weighted by Gasteiger charge is 2.27. The van der Waals surface area contributed by atoms with Gasteiger partial charge in [0.25, 0.3) is 0 Å². The van der Waals surface area contributed by atoms with Gasteiger partial charge in [-0.15, -0.1) is 0 Å². The first kappa shape index (κ1) is 18.4. The fraction of sp³-hybridized carbons (Fsp3) is 0.412. The molecule has 1 unspecified atom stereocenters. The molecule has 0 saturated carbocycles. The Morgan fingerprint density at radius 3 is 2.92 bits per heavy atom. The van der Waals surface area contributed by atoms with Crippen LogP contribution >= 0.6 is 0 Å². The summed E-state index contributed by atoms with van der Waals surface area (Å²) in [5.74, 6) is -1.37. The van der Waals surface area contributed by atoms with Crippen molar-refractivity contribution in [2.75, 3.05) is 26.3 Å². The maximum absolute atomic E-state index is 12.2. The molecule has 1 aliphatic heterocycles. The summed E-state index contributed by atoms with van der Waals surface area (Å²) in [7, 11) is -1.71. The minimum atomic E-state index is -1.71. The second-order valence-corrected chi connectivity index (χ2v) is 6.23.